The van der Waals surface area contributed by atoms with Crippen LogP contribution < -0.4 is 16.8 Å². The monoisotopic (exact) mass is 386 g/mol. The first kappa shape index (κ1) is 18.1. The van der Waals surface area contributed by atoms with E-state index in [9.17, 15) is 10.4 Å². The highest BCUT2D eigenvalue weighted by molar-refractivity contribution is 5.83. The third kappa shape index (κ3) is 3.35. The second kappa shape index (κ2) is 7.01. The minimum atomic E-state index is -0.0192. The molecule has 3 heterocycles. The number of aryl methyl sites for hydroxylation is 1. The number of benzene rings is 1. The normalized spacial score (nSPS) is 10.8. The maximum atomic E-state index is 9.62. The summed E-state index contributed by atoms with van der Waals surface area (Å²) in [4.78, 5) is 12.7. The fourth-order valence-corrected chi connectivity index (χ4v) is 3.15. The third-order valence-corrected chi connectivity index (χ3v) is 4.61. The molecule has 9 heteroatoms. The number of fused-ring (bicyclic) bond motifs is 1. The predicted molar refractivity (Wildman–Crippen MR) is 111 cm³/mol. The summed E-state index contributed by atoms with van der Waals surface area (Å²) in [7, 11) is 1.95. The van der Waals surface area contributed by atoms with Crippen LogP contribution in [-0.2, 0) is 13.6 Å². The van der Waals surface area contributed by atoms with E-state index in [2.05, 4.69) is 15.3 Å². The van der Waals surface area contributed by atoms with Gasteiger partial charge in [-0.1, -0.05) is 12.1 Å². The zero-order valence-corrected chi connectivity index (χ0v) is 15.6. The molecule has 29 heavy (non-hydrogen) atoms. The standard InChI is InChI=1S/C20H18N8O/c1-28-7-6-15-17(28)8-13(11-2-4-12(29)5-3-11)16(25-15)10-24-19-14(9-21)18(22)26-20(23)27-19/h2-8,29H,10H2,1H3,(H5,22,23,24,26,27). The molecule has 1 aromatic carbocycles. The predicted octanol–water partition coefficient (Wildman–Crippen LogP) is 2.38. The summed E-state index contributed by atoms with van der Waals surface area (Å²) < 4.78 is 1.99. The van der Waals surface area contributed by atoms with Gasteiger partial charge in [-0.05, 0) is 29.8 Å². The van der Waals surface area contributed by atoms with E-state index in [-0.39, 0.29) is 35.4 Å². The van der Waals surface area contributed by atoms with Crippen molar-refractivity contribution < 1.29 is 5.11 Å². The number of hydrogen-bond acceptors (Lipinski definition) is 8. The number of nitriles is 1. The van der Waals surface area contributed by atoms with Gasteiger partial charge in [0.15, 0.2) is 5.82 Å². The Morgan fingerprint density at radius 3 is 2.62 bits per heavy atom. The molecule has 0 radical (unpaired) electrons. The van der Waals surface area contributed by atoms with Gasteiger partial charge in [-0.25, -0.2) is 4.98 Å². The number of aromatic hydroxyl groups is 1. The molecule has 4 rings (SSSR count). The van der Waals surface area contributed by atoms with E-state index in [1.807, 2.05) is 48.1 Å². The molecule has 0 aliphatic heterocycles. The number of phenols is 1. The van der Waals surface area contributed by atoms with Crippen LogP contribution in [0.15, 0.2) is 42.6 Å². The van der Waals surface area contributed by atoms with E-state index < -0.39 is 0 Å². The lowest BCUT2D eigenvalue weighted by Crippen LogP contribution is -2.11. The van der Waals surface area contributed by atoms with Gasteiger partial charge in [0.25, 0.3) is 0 Å². The van der Waals surface area contributed by atoms with E-state index in [4.69, 9.17) is 16.5 Å². The van der Waals surface area contributed by atoms with Crippen LogP contribution in [0.3, 0.4) is 0 Å². The van der Waals surface area contributed by atoms with Gasteiger partial charge in [0.1, 0.15) is 23.2 Å². The van der Waals surface area contributed by atoms with Gasteiger partial charge in [-0.2, -0.15) is 15.2 Å². The highest BCUT2D eigenvalue weighted by Crippen LogP contribution is 2.29. The largest absolute Gasteiger partial charge is 0.508 e. The quantitative estimate of drug-likeness (QED) is 0.417. The molecule has 144 valence electrons. The molecular formula is C20H18N8O. The molecule has 0 bridgehead atoms. The van der Waals surface area contributed by atoms with Gasteiger partial charge >= 0.3 is 0 Å². The maximum Gasteiger partial charge on any atom is 0.224 e. The van der Waals surface area contributed by atoms with Crippen molar-refractivity contribution in [2.24, 2.45) is 7.05 Å². The van der Waals surface area contributed by atoms with Crippen molar-refractivity contribution >= 4 is 28.6 Å². The van der Waals surface area contributed by atoms with Crippen LogP contribution in [0.2, 0.25) is 0 Å². The van der Waals surface area contributed by atoms with Gasteiger partial charge < -0.3 is 26.5 Å². The van der Waals surface area contributed by atoms with Crippen LogP contribution in [-0.4, -0.2) is 24.6 Å². The third-order valence-electron chi connectivity index (χ3n) is 4.61. The number of rotatable bonds is 4. The molecule has 0 atom stereocenters. The van der Waals surface area contributed by atoms with Crippen LogP contribution in [0.1, 0.15) is 11.3 Å². The summed E-state index contributed by atoms with van der Waals surface area (Å²) in [5.74, 6) is 0.443. The minimum absolute atomic E-state index is 0.0192. The van der Waals surface area contributed by atoms with Crippen LogP contribution in [0, 0.1) is 11.3 Å². The van der Waals surface area contributed by atoms with Crippen molar-refractivity contribution in [2.75, 3.05) is 16.8 Å². The van der Waals surface area contributed by atoms with E-state index in [0.717, 1.165) is 27.9 Å². The SMILES string of the molecule is Cn1ccc2nc(CNc3nc(N)nc(N)c3C#N)c(-c3ccc(O)cc3)cc21. The Balaban J connectivity index is 1.78. The van der Waals surface area contributed by atoms with Crippen molar-refractivity contribution in [3.63, 3.8) is 0 Å². The Bertz CT molecular complexity index is 1250. The number of anilines is 3. The number of nitrogens with two attached hydrogens (primary N) is 2. The maximum absolute atomic E-state index is 9.62. The lowest BCUT2D eigenvalue weighted by atomic mass is 10.0. The summed E-state index contributed by atoms with van der Waals surface area (Å²) >= 11 is 0. The van der Waals surface area contributed by atoms with Gasteiger partial charge in [0.05, 0.1) is 23.3 Å². The summed E-state index contributed by atoms with van der Waals surface area (Å²) in [5.41, 5.74) is 15.9. The van der Waals surface area contributed by atoms with Crippen LogP contribution >= 0.6 is 0 Å². The average molecular weight is 386 g/mol. The zero-order chi connectivity index (χ0) is 20.5. The number of aromatic nitrogens is 4. The van der Waals surface area contributed by atoms with Crippen molar-refractivity contribution in [3.05, 3.63) is 53.9 Å². The topological polar surface area (TPSA) is 152 Å². The molecule has 0 unspecified atom stereocenters. The number of phenolic OH excluding ortho intramolecular Hbond substituents is 1. The molecule has 0 spiro atoms. The van der Waals surface area contributed by atoms with Gasteiger partial charge in [0.2, 0.25) is 5.95 Å². The van der Waals surface area contributed by atoms with Gasteiger partial charge in [-0.15, -0.1) is 0 Å². The Kier molecular flexibility index (Phi) is 4.37. The van der Waals surface area contributed by atoms with E-state index in [1.54, 1.807) is 12.1 Å². The Labute approximate surface area is 166 Å². The van der Waals surface area contributed by atoms with Crippen LogP contribution in [0.5, 0.6) is 5.75 Å². The molecule has 0 aliphatic rings. The molecule has 4 aromatic rings. The molecule has 9 nitrogen and oxygen atoms in total. The summed E-state index contributed by atoms with van der Waals surface area (Å²) in [6, 6.07) is 12.9. The molecular weight excluding hydrogens is 368 g/mol. The molecule has 0 fully saturated rings. The fourth-order valence-electron chi connectivity index (χ4n) is 3.15. The summed E-state index contributed by atoms with van der Waals surface area (Å²) in [6.45, 7) is 0.283. The van der Waals surface area contributed by atoms with E-state index >= 15 is 0 Å². The Morgan fingerprint density at radius 2 is 1.90 bits per heavy atom. The Hall–Kier alpha value is -4.32. The fraction of sp³-hybridized carbons (Fsp3) is 0.100. The smallest absolute Gasteiger partial charge is 0.224 e. The number of nitrogens with one attached hydrogen (secondary N) is 1. The molecule has 0 amide bonds. The highest BCUT2D eigenvalue weighted by Gasteiger charge is 2.15. The van der Waals surface area contributed by atoms with Gasteiger partial charge in [-0.3, -0.25) is 0 Å². The van der Waals surface area contributed by atoms with Gasteiger partial charge in [0, 0.05) is 18.8 Å². The molecule has 0 aliphatic carbocycles. The second-order valence-electron chi connectivity index (χ2n) is 6.52. The van der Waals surface area contributed by atoms with Crippen molar-refractivity contribution in [1.82, 2.24) is 19.5 Å². The van der Waals surface area contributed by atoms with Crippen molar-refractivity contribution in [2.45, 2.75) is 6.54 Å². The molecule has 0 saturated heterocycles. The highest BCUT2D eigenvalue weighted by atomic mass is 16.3. The summed E-state index contributed by atoms with van der Waals surface area (Å²) in [5, 5.41) is 22.1. The number of pyridine rings is 1. The second-order valence-corrected chi connectivity index (χ2v) is 6.52. The first-order valence-electron chi connectivity index (χ1n) is 8.77. The zero-order valence-electron chi connectivity index (χ0n) is 15.6. The average Bonchev–Trinajstić information content (AvgIpc) is 3.06. The van der Waals surface area contributed by atoms with Crippen molar-refractivity contribution in [1.29, 1.82) is 5.26 Å². The van der Waals surface area contributed by atoms with Crippen LogP contribution in [0.25, 0.3) is 22.2 Å². The Morgan fingerprint density at radius 1 is 1.14 bits per heavy atom. The molecule has 6 N–H and O–H groups in total. The number of nitrogen functional groups attached to an aromatic ring is 2. The first-order valence-corrected chi connectivity index (χ1v) is 8.77. The number of hydrogen-bond donors (Lipinski definition) is 4. The van der Waals surface area contributed by atoms with Crippen LogP contribution in [0.4, 0.5) is 17.6 Å². The number of nitrogens with zero attached hydrogens (tertiary/aromatic N) is 5. The van der Waals surface area contributed by atoms with Crippen molar-refractivity contribution in [3.8, 4) is 22.9 Å². The first-order chi connectivity index (χ1) is 14.0. The lowest BCUT2D eigenvalue weighted by molar-refractivity contribution is 0.475. The minimum Gasteiger partial charge on any atom is -0.508 e. The summed E-state index contributed by atoms with van der Waals surface area (Å²) in [6.07, 6.45) is 1.94. The molecule has 3 aromatic heterocycles. The van der Waals surface area contributed by atoms with E-state index in [0.29, 0.717) is 0 Å². The lowest BCUT2D eigenvalue weighted by Gasteiger charge is -2.13. The molecule has 0 saturated carbocycles. The van der Waals surface area contributed by atoms with E-state index in [1.165, 1.54) is 0 Å².